The van der Waals surface area contributed by atoms with E-state index in [0.29, 0.717) is 0 Å². The van der Waals surface area contributed by atoms with E-state index in [9.17, 15) is 0 Å². The van der Waals surface area contributed by atoms with Gasteiger partial charge in [0.2, 0.25) is 0 Å². The lowest BCUT2D eigenvalue weighted by Gasteiger charge is -2.45. The van der Waals surface area contributed by atoms with Crippen LogP contribution in [0.1, 0.15) is 73.6 Å². The second-order valence-corrected chi connectivity index (χ2v) is 19.6. The molecule has 3 heteroatoms. The molecule has 4 fully saturated rings. The van der Waals surface area contributed by atoms with Crippen LogP contribution in [0.25, 0.3) is 22.3 Å². The summed E-state index contributed by atoms with van der Waals surface area (Å²) in [4.78, 5) is 5.22. The molecule has 2 unspecified atom stereocenters. The van der Waals surface area contributed by atoms with Gasteiger partial charge < -0.3 is 9.80 Å². The summed E-state index contributed by atoms with van der Waals surface area (Å²) in [5.74, 6) is 3.19. The number of hydrogen-bond acceptors (Lipinski definition) is 2. The molecule has 0 N–H and O–H groups in total. The lowest BCUT2D eigenvalue weighted by Crippen LogP contribution is -2.61. The van der Waals surface area contributed by atoms with Gasteiger partial charge in [0, 0.05) is 45.0 Å². The number of para-hydroxylation sites is 2. The predicted octanol–water partition coefficient (Wildman–Crippen LogP) is 11.9. The Labute approximate surface area is 347 Å². The number of hydrogen-bond donors (Lipinski definition) is 0. The quantitative estimate of drug-likeness (QED) is 0.162. The van der Waals surface area contributed by atoms with Crippen molar-refractivity contribution in [3.8, 4) is 22.3 Å². The molecule has 7 aromatic rings. The Morgan fingerprint density at radius 2 is 0.983 bits per heavy atom. The second kappa shape index (κ2) is 11.1. The van der Waals surface area contributed by atoms with Crippen LogP contribution >= 0.6 is 0 Å². The molecule has 2 nitrogen and oxygen atoms in total. The Kier molecular flexibility index (Phi) is 6.02. The van der Waals surface area contributed by atoms with Gasteiger partial charge >= 0.3 is 0 Å². The molecule has 4 saturated carbocycles. The molecular weight excluding hydrogens is 711 g/mol. The maximum absolute atomic E-state index is 2.74. The zero-order chi connectivity index (χ0) is 38.2. The van der Waals surface area contributed by atoms with Gasteiger partial charge in [0.1, 0.15) is 0 Å². The molecule has 6 atom stereocenters. The van der Waals surface area contributed by atoms with Crippen molar-refractivity contribution in [1.82, 2.24) is 0 Å². The average Bonchev–Trinajstić information content (AvgIpc) is 4.17. The molecule has 0 saturated heterocycles. The van der Waals surface area contributed by atoms with E-state index >= 15 is 0 Å². The lowest BCUT2D eigenvalue weighted by atomic mass is 9.33. The molecule has 2 heterocycles. The Morgan fingerprint density at radius 1 is 0.407 bits per heavy atom. The van der Waals surface area contributed by atoms with Crippen molar-refractivity contribution in [2.75, 3.05) is 9.80 Å². The molecule has 0 aromatic heterocycles. The number of anilines is 6. The Bertz CT molecular complexity index is 2990. The molecule has 2 aliphatic heterocycles. The molecule has 15 rings (SSSR count). The van der Waals surface area contributed by atoms with Crippen LogP contribution in [0, 0.1) is 23.7 Å². The van der Waals surface area contributed by atoms with Crippen molar-refractivity contribution in [2.24, 2.45) is 23.7 Å². The minimum absolute atomic E-state index is 0.123. The van der Waals surface area contributed by atoms with Crippen molar-refractivity contribution >= 4 is 57.2 Å². The summed E-state index contributed by atoms with van der Waals surface area (Å²) in [5, 5.41) is 0. The SMILES string of the molecule is c1ccc(N2c3cc4c(cc3B3c5ccccc5N(c5ccc6c(c5)-c5ccccc5[C@@]65C[C@H]6CC[C@@H]5C6)c5cccc2c53)[C@]2(CC3CCC2C3)c2ccccc2-4)cc1. The summed E-state index contributed by atoms with van der Waals surface area (Å²) in [6.07, 6.45) is 10.9. The summed E-state index contributed by atoms with van der Waals surface area (Å²) in [6.45, 7) is 0.126. The fraction of sp³-hybridized carbons (Fsp3) is 0.250. The van der Waals surface area contributed by atoms with Gasteiger partial charge in [-0.2, -0.15) is 0 Å². The topological polar surface area (TPSA) is 6.48 Å². The molecule has 8 aliphatic rings. The first-order valence-electron chi connectivity index (χ1n) is 22.6. The van der Waals surface area contributed by atoms with Crippen molar-refractivity contribution in [2.45, 2.75) is 62.2 Å². The van der Waals surface area contributed by atoms with E-state index in [-0.39, 0.29) is 17.5 Å². The van der Waals surface area contributed by atoms with Crippen LogP contribution in [0.2, 0.25) is 0 Å². The largest absolute Gasteiger partial charge is 0.311 e. The summed E-state index contributed by atoms with van der Waals surface area (Å²) in [5.41, 5.74) is 24.5. The number of benzene rings is 7. The maximum atomic E-state index is 2.74. The number of nitrogens with zero attached hydrogens (tertiary/aromatic N) is 2. The highest BCUT2D eigenvalue weighted by Crippen LogP contribution is 2.67. The van der Waals surface area contributed by atoms with Crippen LogP contribution in [0.5, 0.6) is 0 Å². The lowest BCUT2D eigenvalue weighted by molar-refractivity contribution is 0.327. The third-order valence-electron chi connectivity index (χ3n) is 17.4. The van der Waals surface area contributed by atoms with E-state index in [0.717, 1.165) is 23.7 Å². The van der Waals surface area contributed by atoms with E-state index < -0.39 is 0 Å². The Balaban J connectivity index is 0.976. The van der Waals surface area contributed by atoms with Crippen molar-refractivity contribution in [1.29, 1.82) is 0 Å². The van der Waals surface area contributed by atoms with Gasteiger partial charge in [0.05, 0.1) is 0 Å². The fourth-order valence-corrected chi connectivity index (χ4v) is 15.4. The van der Waals surface area contributed by atoms with Gasteiger partial charge in [-0.3, -0.25) is 0 Å². The molecule has 2 spiro atoms. The van der Waals surface area contributed by atoms with Crippen molar-refractivity contribution in [3.63, 3.8) is 0 Å². The van der Waals surface area contributed by atoms with E-state index in [1.165, 1.54) is 124 Å². The highest BCUT2D eigenvalue weighted by Gasteiger charge is 2.59. The van der Waals surface area contributed by atoms with Crippen LogP contribution in [0.4, 0.5) is 34.1 Å². The zero-order valence-corrected chi connectivity index (χ0v) is 33.4. The van der Waals surface area contributed by atoms with Crippen LogP contribution in [0.3, 0.4) is 0 Å². The maximum Gasteiger partial charge on any atom is 0.252 e. The highest BCUT2D eigenvalue weighted by molar-refractivity contribution is 7.00. The minimum Gasteiger partial charge on any atom is -0.311 e. The fourth-order valence-electron chi connectivity index (χ4n) is 15.4. The molecule has 7 aromatic carbocycles. The van der Waals surface area contributed by atoms with E-state index in [1.807, 2.05) is 0 Å². The normalized spacial score (nSPS) is 27.5. The van der Waals surface area contributed by atoms with Gasteiger partial charge in [0.15, 0.2) is 0 Å². The van der Waals surface area contributed by atoms with Crippen LogP contribution in [-0.2, 0) is 10.8 Å². The van der Waals surface area contributed by atoms with Gasteiger partial charge in [-0.15, -0.1) is 0 Å². The third kappa shape index (κ3) is 3.80. The molecule has 6 aliphatic carbocycles. The first-order chi connectivity index (χ1) is 29.2. The van der Waals surface area contributed by atoms with E-state index in [1.54, 1.807) is 22.3 Å². The first-order valence-corrected chi connectivity index (χ1v) is 22.6. The minimum atomic E-state index is 0.123. The molecule has 4 bridgehead atoms. The Morgan fingerprint density at radius 3 is 1.66 bits per heavy atom. The molecule has 282 valence electrons. The summed E-state index contributed by atoms with van der Waals surface area (Å²) < 4.78 is 0. The predicted molar refractivity (Wildman–Crippen MR) is 244 cm³/mol. The molecule has 0 amide bonds. The number of rotatable bonds is 2. The third-order valence-corrected chi connectivity index (χ3v) is 17.4. The smallest absolute Gasteiger partial charge is 0.252 e. The monoisotopic (exact) mass is 756 g/mol. The average molecular weight is 757 g/mol. The van der Waals surface area contributed by atoms with Gasteiger partial charge in [-0.05, 0) is 172 Å². The molecule has 59 heavy (non-hydrogen) atoms. The standard InChI is InChI=1S/C56H45BN2/c1-2-11-38(12-3-1)58-51-19-10-20-52-54(51)57(49-31-47-43(30-53(49)58)41-14-5-7-16-45(41)56(47)33-35-22-24-37(56)28-35)48-17-8-9-18-50(48)59(52)39-25-26-46-42(29-39)40-13-4-6-15-44(40)55(46)32-34-21-23-36(55)27-34/h1-20,25-26,29-31,34-37H,21-24,27-28,32-33H2/t34-,35?,36+,37?,55-,56-/m0/s1. The summed E-state index contributed by atoms with van der Waals surface area (Å²) in [6, 6.07) is 59.5. The first kappa shape index (κ1) is 32.1. The van der Waals surface area contributed by atoms with Crippen LogP contribution in [0.15, 0.2) is 152 Å². The van der Waals surface area contributed by atoms with Gasteiger partial charge in [0.25, 0.3) is 6.71 Å². The van der Waals surface area contributed by atoms with Gasteiger partial charge in [-0.25, -0.2) is 0 Å². The van der Waals surface area contributed by atoms with Crippen LogP contribution in [-0.4, -0.2) is 6.71 Å². The Hall–Kier alpha value is -5.80. The van der Waals surface area contributed by atoms with E-state index in [2.05, 4.69) is 161 Å². The van der Waals surface area contributed by atoms with Crippen LogP contribution < -0.4 is 26.2 Å². The van der Waals surface area contributed by atoms with Crippen molar-refractivity contribution in [3.05, 3.63) is 174 Å². The molecular formula is C56H45BN2. The second-order valence-electron chi connectivity index (χ2n) is 19.6. The van der Waals surface area contributed by atoms with Gasteiger partial charge in [-0.1, -0.05) is 116 Å². The molecule has 0 radical (unpaired) electrons. The number of fused-ring (bicyclic) bond motifs is 20. The summed E-state index contributed by atoms with van der Waals surface area (Å²) >= 11 is 0. The van der Waals surface area contributed by atoms with E-state index in [4.69, 9.17) is 0 Å². The zero-order valence-electron chi connectivity index (χ0n) is 33.4. The highest BCUT2D eigenvalue weighted by atomic mass is 15.2. The summed E-state index contributed by atoms with van der Waals surface area (Å²) in [7, 11) is 0. The van der Waals surface area contributed by atoms with Crippen molar-refractivity contribution < 1.29 is 0 Å².